The molecule has 3 aromatic rings. The lowest BCUT2D eigenvalue weighted by Gasteiger charge is -2.35. The Morgan fingerprint density at radius 2 is 1.32 bits per heavy atom. The SMILES string of the molecule is CSC(S)=C1c2ccccc2N(Cc2ccccc2)c2ccccc21. The van der Waals surface area contributed by atoms with Crippen LogP contribution in [0.2, 0.25) is 0 Å². The number of rotatable bonds is 3. The van der Waals surface area contributed by atoms with Crippen molar-refractivity contribution in [1.82, 2.24) is 0 Å². The summed E-state index contributed by atoms with van der Waals surface area (Å²) >= 11 is 6.46. The average molecular weight is 362 g/mol. The Morgan fingerprint density at radius 1 is 0.800 bits per heavy atom. The third-order valence-electron chi connectivity index (χ3n) is 4.52. The van der Waals surface area contributed by atoms with E-state index in [0.717, 1.165) is 10.8 Å². The van der Waals surface area contributed by atoms with E-state index in [0.29, 0.717) is 0 Å². The van der Waals surface area contributed by atoms with E-state index in [1.54, 1.807) is 11.8 Å². The molecule has 25 heavy (non-hydrogen) atoms. The molecule has 0 atom stereocenters. The van der Waals surface area contributed by atoms with Gasteiger partial charge in [0.1, 0.15) is 0 Å². The highest BCUT2D eigenvalue weighted by Crippen LogP contribution is 2.48. The fourth-order valence-corrected chi connectivity index (χ4v) is 4.05. The van der Waals surface area contributed by atoms with Gasteiger partial charge in [-0.3, -0.25) is 0 Å². The Kier molecular flexibility index (Phi) is 4.60. The number of thiol groups is 1. The van der Waals surface area contributed by atoms with Gasteiger partial charge in [0.15, 0.2) is 0 Å². The molecule has 0 fully saturated rings. The van der Waals surface area contributed by atoms with Crippen LogP contribution in [0.5, 0.6) is 0 Å². The van der Waals surface area contributed by atoms with Gasteiger partial charge in [0.05, 0.1) is 0 Å². The Hall–Kier alpha value is -2.10. The van der Waals surface area contributed by atoms with Gasteiger partial charge in [0.2, 0.25) is 0 Å². The summed E-state index contributed by atoms with van der Waals surface area (Å²) in [7, 11) is 0. The van der Waals surface area contributed by atoms with E-state index in [2.05, 4.69) is 90.0 Å². The molecule has 1 heterocycles. The minimum absolute atomic E-state index is 0.851. The van der Waals surface area contributed by atoms with Gasteiger partial charge < -0.3 is 4.90 Å². The van der Waals surface area contributed by atoms with Crippen LogP contribution in [-0.4, -0.2) is 6.26 Å². The predicted octanol–water partition coefficient (Wildman–Crippen LogP) is 6.35. The van der Waals surface area contributed by atoms with Crippen LogP contribution < -0.4 is 4.90 Å². The fourth-order valence-electron chi connectivity index (χ4n) is 3.38. The standard InChI is InChI=1S/C22H19NS2/c1-25-22(24)21-17-11-5-7-13-19(17)23(15-16-9-3-2-4-10-16)20-14-8-6-12-18(20)21/h2-14,24H,15H2,1H3. The van der Waals surface area contributed by atoms with Gasteiger partial charge >= 0.3 is 0 Å². The lowest BCUT2D eigenvalue weighted by atomic mass is 9.91. The molecule has 1 aliphatic heterocycles. The Balaban J connectivity index is 1.93. The molecule has 1 aliphatic rings. The molecule has 0 saturated carbocycles. The molecule has 1 nitrogen and oxygen atoms in total. The number of benzene rings is 3. The summed E-state index contributed by atoms with van der Waals surface area (Å²) in [6.45, 7) is 0.851. The van der Waals surface area contributed by atoms with E-state index in [-0.39, 0.29) is 0 Å². The van der Waals surface area contributed by atoms with Crippen molar-refractivity contribution >= 4 is 41.3 Å². The number of hydrogen-bond acceptors (Lipinski definition) is 3. The lowest BCUT2D eigenvalue weighted by Crippen LogP contribution is -2.22. The third-order valence-corrected chi connectivity index (χ3v) is 5.88. The summed E-state index contributed by atoms with van der Waals surface area (Å²) in [5.74, 6) is 0. The second-order valence-corrected chi connectivity index (χ2v) is 7.56. The van der Waals surface area contributed by atoms with Crippen LogP contribution in [0.25, 0.3) is 5.57 Å². The van der Waals surface area contributed by atoms with Crippen molar-refractivity contribution in [3.05, 3.63) is 99.8 Å². The molecule has 0 unspecified atom stereocenters. The van der Waals surface area contributed by atoms with Crippen molar-refractivity contribution in [2.24, 2.45) is 0 Å². The molecule has 3 aromatic carbocycles. The minimum atomic E-state index is 0.851. The highest BCUT2D eigenvalue weighted by atomic mass is 32.2. The van der Waals surface area contributed by atoms with Gasteiger partial charge in [-0.25, -0.2) is 0 Å². The zero-order chi connectivity index (χ0) is 17.2. The first-order valence-corrected chi connectivity index (χ1v) is 9.94. The summed E-state index contributed by atoms with van der Waals surface area (Å²) in [6.07, 6.45) is 2.08. The van der Waals surface area contributed by atoms with Gasteiger partial charge in [-0.05, 0) is 24.0 Å². The van der Waals surface area contributed by atoms with E-state index in [4.69, 9.17) is 12.6 Å². The second-order valence-electron chi connectivity index (χ2n) is 5.99. The monoisotopic (exact) mass is 361 g/mol. The smallest absolute Gasteiger partial charge is 0.0494 e. The van der Waals surface area contributed by atoms with Crippen molar-refractivity contribution in [1.29, 1.82) is 0 Å². The maximum atomic E-state index is 4.78. The van der Waals surface area contributed by atoms with E-state index in [1.807, 2.05) is 0 Å². The first-order valence-electron chi connectivity index (χ1n) is 8.27. The lowest BCUT2D eigenvalue weighted by molar-refractivity contribution is 0.963. The molecule has 3 heteroatoms. The maximum absolute atomic E-state index is 4.78. The first-order chi connectivity index (χ1) is 12.3. The molecule has 0 saturated heterocycles. The molecule has 4 rings (SSSR count). The third kappa shape index (κ3) is 2.99. The number of hydrogen-bond donors (Lipinski definition) is 1. The summed E-state index contributed by atoms with van der Waals surface area (Å²) in [6, 6.07) is 27.9. The van der Waals surface area contributed by atoms with E-state index < -0.39 is 0 Å². The number of fused-ring (bicyclic) bond motifs is 2. The molecular formula is C22H19NS2. The molecular weight excluding hydrogens is 342 g/mol. The largest absolute Gasteiger partial charge is 0.336 e. The van der Waals surface area contributed by atoms with Crippen LogP contribution in [-0.2, 0) is 6.54 Å². The van der Waals surface area contributed by atoms with Crippen LogP contribution in [0.1, 0.15) is 16.7 Å². The molecule has 0 radical (unpaired) electrons. The van der Waals surface area contributed by atoms with Crippen LogP contribution in [0.4, 0.5) is 11.4 Å². The number of anilines is 2. The van der Waals surface area contributed by atoms with Gasteiger partial charge in [0.25, 0.3) is 0 Å². The Labute approximate surface area is 158 Å². The fraction of sp³-hybridized carbons (Fsp3) is 0.0909. The van der Waals surface area contributed by atoms with Crippen molar-refractivity contribution in [3.63, 3.8) is 0 Å². The average Bonchev–Trinajstić information content (AvgIpc) is 2.68. The topological polar surface area (TPSA) is 3.24 Å². The van der Waals surface area contributed by atoms with Crippen LogP contribution in [0.15, 0.2) is 83.1 Å². The van der Waals surface area contributed by atoms with Crippen molar-refractivity contribution in [2.75, 3.05) is 11.2 Å². The van der Waals surface area contributed by atoms with Crippen molar-refractivity contribution < 1.29 is 0 Å². The molecule has 0 bridgehead atoms. The Morgan fingerprint density at radius 3 is 1.88 bits per heavy atom. The number of thioether (sulfide) groups is 1. The first kappa shape index (κ1) is 16.4. The maximum Gasteiger partial charge on any atom is 0.0494 e. The molecule has 0 spiro atoms. The Bertz CT molecular complexity index is 882. The second kappa shape index (κ2) is 7.03. The number of para-hydroxylation sites is 2. The molecule has 0 N–H and O–H groups in total. The molecule has 124 valence electrons. The zero-order valence-corrected chi connectivity index (χ0v) is 15.7. The predicted molar refractivity (Wildman–Crippen MR) is 114 cm³/mol. The number of nitrogens with zero attached hydrogens (tertiary/aromatic N) is 1. The van der Waals surface area contributed by atoms with Gasteiger partial charge in [-0.15, -0.1) is 24.4 Å². The van der Waals surface area contributed by atoms with E-state index >= 15 is 0 Å². The summed E-state index contributed by atoms with van der Waals surface area (Å²) in [5, 5.41) is 0. The molecule has 0 aromatic heterocycles. The quantitative estimate of drug-likeness (QED) is 0.542. The summed E-state index contributed by atoms with van der Waals surface area (Å²) < 4.78 is 1.05. The highest BCUT2D eigenvalue weighted by Gasteiger charge is 2.27. The van der Waals surface area contributed by atoms with Gasteiger partial charge in [0, 0.05) is 38.9 Å². The van der Waals surface area contributed by atoms with Crippen molar-refractivity contribution in [2.45, 2.75) is 6.54 Å². The van der Waals surface area contributed by atoms with Crippen molar-refractivity contribution in [3.8, 4) is 0 Å². The van der Waals surface area contributed by atoms with E-state index in [9.17, 15) is 0 Å². The summed E-state index contributed by atoms with van der Waals surface area (Å²) in [5.41, 5.74) is 7.50. The molecule has 0 aliphatic carbocycles. The van der Waals surface area contributed by atoms with E-state index in [1.165, 1.54) is 33.6 Å². The highest BCUT2D eigenvalue weighted by molar-refractivity contribution is 8.15. The zero-order valence-electron chi connectivity index (χ0n) is 14.0. The van der Waals surface area contributed by atoms with Gasteiger partial charge in [-0.1, -0.05) is 66.7 Å². The van der Waals surface area contributed by atoms with Crippen LogP contribution >= 0.6 is 24.4 Å². The normalized spacial score (nSPS) is 12.6. The van der Waals surface area contributed by atoms with Crippen LogP contribution in [0.3, 0.4) is 0 Å². The van der Waals surface area contributed by atoms with Gasteiger partial charge in [-0.2, -0.15) is 0 Å². The minimum Gasteiger partial charge on any atom is -0.336 e. The van der Waals surface area contributed by atoms with Crippen LogP contribution in [0, 0.1) is 0 Å². The summed E-state index contributed by atoms with van der Waals surface area (Å²) in [4.78, 5) is 2.41. The molecule has 0 amide bonds.